The summed E-state index contributed by atoms with van der Waals surface area (Å²) in [5.74, 6) is 0.907. The first-order chi connectivity index (χ1) is 17.3. The van der Waals surface area contributed by atoms with Gasteiger partial charge in [-0.15, -0.1) is 0 Å². The van der Waals surface area contributed by atoms with Gasteiger partial charge in [0.25, 0.3) is 0 Å². The van der Waals surface area contributed by atoms with Crippen molar-refractivity contribution in [3.63, 3.8) is 0 Å². The summed E-state index contributed by atoms with van der Waals surface area (Å²) in [6, 6.07) is 18.2. The predicted molar refractivity (Wildman–Crippen MR) is 132 cm³/mol. The number of aromatic nitrogens is 2. The van der Waals surface area contributed by atoms with Crippen LogP contribution in [0.15, 0.2) is 71.9 Å². The number of anilines is 1. The molecular weight excluding hydrogens is 491 g/mol. The maximum Gasteiger partial charge on any atom is 0.416 e. The fraction of sp³-hybridized carbons (Fsp3) is 0.231. The van der Waals surface area contributed by atoms with Gasteiger partial charge in [-0.05, 0) is 42.8 Å². The van der Waals surface area contributed by atoms with Gasteiger partial charge in [0.1, 0.15) is 13.2 Å². The third-order valence-corrected chi connectivity index (χ3v) is 6.78. The summed E-state index contributed by atoms with van der Waals surface area (Å²) >= 11 is 1.19. The molecule has 186 valence electrons. The second-order valence-electron chi connectivity index (χ2n) is 8.28. The highest BCUT2D eigenvalue weighted by atomic mass is 32.2. The molecule has 1 atom stereocenters. The number of carbonyl (C=O) groups is 1. The van der Waals surface area contributed by atoms with Crippen molar-refractivity contribution in [3.8, 4) is 11.5 Å². The van der Waals surface area contributed by atoms with Crippen molar-refractivity contribution in [2.45, 2.75) is 30.1 Å². The van der Waals surface area contributed by atoms with Crippen LogP contribution in [0.1, 0.15) is 18.1 Å². The molecule has 0 fully saturated rings. The minimum absolute atomic E-state index is 0.225. The Morgan fingerprint density at radius 2 is 1.81 bits per heavy atom. The second kappa shape index (κ2) is 9.77. The van der Waals surface area contributed by atoms with E-state index in [4.69, 9.17) is 9.47 Å². The summed E-state index contributed by atoms with van der Waals surface area (Å²) in [4.78, 5) is 17.4. The molecule has 0 saturated carbocycles. The van der Waals surface area contributed by atoms with E-state index in [1.165, 1.54) is 17.8 Å². The number of thioether (sulfide) groups is 1. The van der Waals surface area contributed by atoms with Gasteiger partial charge < -0.3 is 19.4 Å². The van der Waals surface area contributed by atoms with Crippen LogP contribution in [-0.4, -0.2) is 33.9 Å². The van der Waals surface area contributed by atoms with Crippen LogP contribution in [0, 0.1) is 0 Å². The van der Waals surface area contributed by atoms with Crippen LogP contribution in [0.2, 0.25) is 0 Å². The number of hydrogen-bond acceptors (Lipinski definition) is 5. The molecule has 0 radical (unpaired) electrons. The fourth-order valence-corrected chi connectivity index (χ4v) is 4.79. The number of fused-ring (bicyclic) bond motifs is 2. The van der Waals surface area contributed by atoms with Crippen molar-refractivity contribution in [2.75, 3.05) is 18.5 Å². The Hall–Kier alpha value is -3.66. The van der Waals surface area contributed by atoms with Crippen molar-refractivity contribution in [2.24, 2.45) is 0 Å². The van der Waals surface area contributed by atoms with Gasteiger partial charge in [0.2, 0.25) is 5.91 Å². The third-order valence-electron chi connectivity index (χ3n) is 5.69. The van der Waals surface area contributed by atoms with Gasteiger partial charge in [-0.1, -0.05) is 42.1 Å². The third kappa shape index (κ3) is 5.13. The molecule has 1 aliphatic rings. The van der Waals surface area contributed by atoms with Crippen LogP contribution < -0.4 is 14.8 Å². The van der Waals surface area contributed by atoms with Crippen LogP contribution in [0.4, 0.5) is 18.9 Å². The first kappa shape index (κ1) is 24.1. The normalized spacial score (nSPS) is 14.0. The number of nitrogens with zero attached hydrogens (tertiary/aromatic N) is 2. The van der Waals surface area contributed by atoms with Gasteiger partial charge in [0.15, 0.2) is 16.7 Å². The zero-order chi connectivity index (χ0) is 25.3. The SMILES string of the molecule is C[C@@H](Sc1nc2cc(C(F)(F)F)ccc2n1Cc1ccccc1)C(=O)Nc1ccc2c(c1)OCCO2. The van der Waals surface area contributed by atoms with Crippen molar-refractivity contribution in [1.29, 1.82) is 0 Å². The number of carbonyl (C=O) groups excluding carboxylic acids is 1. The molecule has 1 N–H and O–H groups in total. The smallest absolute Gasteiger partial charge is 0.416 e. The summed E-state index contributed by atoms with van der Waals surface area (Å²) in [5.41, 5.74) is 1.55. The molecule has 6 nitrogen and oxygen atoms in total. The molecule has 4 aromatic rings. The summed E-state index contributed by atoms with van der Waals surface area (Å²) in [7, 11) is 0. The molecule has 1 amide bonds. The van der Waals surface area contributed by atoms with Gasteiger partial charge in [0, 0.05) is 11.8 Å². The molecule has 0 bridgehead atoms. The van der Waals surface area contributed by atoms with Crippen LogP contribution in [0.25, 0.3) is 11.0 Å². The number of hydrogen-bond donors (Lipinski definition) is 1. The molecule has 36 heavy (non-hydrogen) atoms. The van der Waals surface area contributed by atoms with Gasteiger partial charge in [0.05, 0.1) is 28.4 Å². The highest BCUT2D eigenvalue weighted by molar-refractivity contribution is 8.00. The van der Waals surface area contributed by atoms with E-state index in [1.807, 2.05) is 34.9 Å². The quantitative estimate of drug-likeness (QED) is 0.321. The molecule has 0 aliphatic carbocycles. The molecule has 1 aliphatic heterocycles. The average Bonchev–Trinajstić information content (AvgIpc) is 3.20. The Kier molecular flexibility index (Phi) is 6.53. The maximum absolute atomic E-state index is 13.3. The van der Waals surface area contributed by atoms with Crippen molar-refractivity contribution < 1.29 is 27.4 Å². The number of ether oxygens (including phenoxy) is 2. The topological polar surface area (TPSA) is 65.4 Å². The molecule has 5 rings (SSSR count). The lowest BCUT2D eigenvalue weighted by molar-refractivity contribution is -0.137. The Bertz CT molecular complexity index is 1410. The van der Waals surface area contributed by atoms with E-state index < -0.39 is 17.0 Å². The zero-order valence-corrected chi connectivity index (χ0v) is 20.0. The molecular formula is C26H22F3N3O3S. The van der Waals surface area contributed by atoms with Crippen LogP contribution >= 0.6 is 11.8 Å². The van der Waals surface area contributed by atoms with E-state index in [1.54, 1.807) is 25.1 Å². The standard InChI is InChI=1S/C26H22F3N3O3S/c1-16(24(33)30-19-8-10-22-23(14-19)35-12-11-34-22)36-25-31-20-13-18(26(27,28)29)7-9-21(20)32(25)15-17-5-3-2-4-6-17/h2-10,13-14,16H,11-12,15H2,1H3,(H,30,33)/t16-/m1/s1. The lowest BCUT2D eigenvalue weighted by Crippen LogP contribution is -2.23. The molecule has 10 heteroatoms. The number of alkyl halides is 3. The number of benzene rings is 3. The van der Waals surface area contributed by atoms with Crippen molar-refractivity contribution in [1.82, 2.24) is 9.55 Å². The summed E-state index contributed by atoms with van der Waals surface area (Å²) in [6.45, 7) is 3.04. The van der Waals surface area contributed by atoms with E-state index in [0.29, 0.717) is 47.6 Å². The Morgan fingerprint density at radius 3 is 2.56 bits per heavy atom. The lowest BCUT2D eigenvalue weighted by Gasteiger charge is -2.19. The lowest BCUT2D eigenvalue weighted by atomic mass is 10.2. The van der Waals surface area contributed by atoms with E-state index >= 15 is 0 Å². The van der Waals surface area contributed by atoms with Gasteiger partial charge in [-0.25, -0.2) is 4.98 Å². The largest absolute Gasteiger partial charge is 0.486 e. The molecule has 0 unspecified atom stereocenters. The van der Waals surface area contributed by atoms with Gasteiger partial charge in [-0.3, -0.25) is 4.79 Å². The molecule has 0 saturated heterocycles. The zero-order valence-electron chi connectivity index (χ0n) is 19.2. The van der Waals surface area contributed by atoms with Crippen molar-refractivity contribution >= 4 is 34.4 Å². The first-order valence-corrected chi connectivity index (χ1v) is 12.1. The monoisotopic (exact) mass is 513 g/mol. The minimum Gasteiger partial charge on any atom is -0.486 e. The highest BCUT2D eigenvalue weighted by Crippen LogP contribution is 2.35. The summed E-state index contributed by atoms with van der Waals surface area (Å²) in [6.07, 6.45) is -4.47. The Labute approximate surface area is 209 Å². The number of imidazole rings is 1. The molecule has 0 spiro atoms. The summed E-state index contributed by atoms with van der Waals surface area (Å²) < 4.78 is 52.8. The van der Waals surface area contributed by atoms with E-state index in [9.17, 15) is 18.0 Å². The molecule has 3 aromatic carbocycles. The van der Waals surface area contributed by atoms with E-state index in [-0.39, 0.29) is 11.4 Å². The second-order valence-corrected chi connectivity index (χ2v) is 9.58. The number of amides is 1. The van der Waals surface area contributed by atoms with Crippen molar-refractivity contribution in [3.05, 3.63) is 77.9 Å². The number of halogens is 3. The maximum atomic E-state index is 13.3. The Morgan fingerprint density at radius 1 is 1.06 bits per heavy atom. The summed E-state index contributed by atoms with van der Waals surface area (Å²) in [5, 5.41) is 2.74. The first-order valence-electron chi connectivity index (χ1n) is 11.3. The predicted octanol–water partition coefficient (Wildman–Crippen LogP) is 5.99. The van der Waals surface area contributed by atoms with Crippen LogP contribution in [0.3, 0.4) is 0 Å². The fourth-order valence-electron chi connectivity index (χ4n) is 3.87. The Balaban J connectivity index is 1.41. The molecule has 1 aromatic heterocycles. The number of nitrogens with one attached hydrogen (secondary N) is 1. The van der Waals surface area contributed by atoms with Gasteiger partial charge in [-0.2, -0.15) is 13.2 Å². The van der Waals surface area contributed by atoms with Crippen LogP contribution in [-0.2, 0) is 17.5 Å². The van der Waals surface area contributed by atoms with E-state index in [0.717, 1.165) is 17.7 Å². The average molecular weight is 514 g/mol. The van der Waals surface area contributed by atoms with Gasteiger partial charge >= 0.3 is 6.18 Å². The van der Waals surface area contributed by atoms with E-state index in [2.05, 4.69) is 10.3 Å². The molecule has 2 heterocycles. The highest BCUT2D eigenvalue weighted by Gasteiger charge is 2.31. The van der Waals surface area contributed by atoms with Crippen LogP contribution in [0.5, 0.6) is 11.5 Å². The minimum atomic E-state index is -4.47. The number of rotatable bonds is 6.